The number of nitrogens with one attached hydrogen (secondary N) is 1. The fourth-order valence-corrected chi connectivity index (χ4v) is 2.27. The normalized spacial score (nSPS) is 19.6. The highest BCUT2D eigenvalue weighted by Gasteiger charge is 2.34. The van der Waals surface area contributed by atoms with Crippen molar-refractivity contribution in [3.63, 3.8) is 0 Å². The molecular formula is C13H16N2OS. The molecule has 1 atom stereocenters. The summed E-state index contributed by atoms with van der Waals surface area (Å²) >= 11 is 5.20. The van der Waals surface area contributed by atoms with E-state index in [9.17, 15) is 4.79 Å². The van der Waals surface area contributed by atoms with Crippen LogP contribution < -0.4 is 10.2 Å². The molecule has 1 amide bonds. The lowest BCUT2D eigenvalue weighted by molar-refractivity contribution is -0.118. The molecule has 1 unspecified atom stereocenters. The first-order valence-electron chi connectivity index (χ1n) is 5.90. The van der Waals surface area contributed by atoms with E-state index in [1.807, 2.05) is 31.2 Å². The minimum atomic E-state index is -0.173. The van der Waals surface area contributed by atoms with Crippen molar-refractivity contribution in [1.29, 1.82) is 0 Å². The number of amides is 1. The number of hydrogen-bond donors (Lipinski definition) is 1. The van der Waals surface area contributed by atoms with Crippen LogP contribution in [0.15, 0.2) is 24.3 Å². The Balaban J connectivity index is 2.27. The lowest BCUT2D eigenvalue weighted by Gasteiger charge is -2.15. The van der Waals surface area contributed by atoms with Crippen LogP contribution in [0.1, 0.15) is 25.8 Å². The van der Waals surface area contributed by atoms with E-state index in [2.05, 4.69) is 12.2 Å². The van der Waals surface area contributed by atoms with Gasteiger partial charge in [0.1, 0.15) is 6.04 Å². The van der Waals surface area contributed by atoms with E-state index in [1.54, 1.807) is 4.90 Å². The van der Waals surface area contributed by atoms with Gasteiger partial charge in [-0.15, -0.1) is 0 Å². The Kier molecular flexibility index (Phi) is 3.43. The number of carbonyl (C=O) groups excluding carboxylic acids is 1. The number of carbonyl (C=O) groups is 1. The molecule has 4 heteroatoms. The van der Waals surface area contributed by atoms with Gasteiger partial charge in [-0.2, -0.15) is 0 Å². The average molecular weight is 248 g/mol. The first-order chi connectivity index (χ1) is 8.17. The molecular weight excluding hydrogens is 232 g/mol. The van der Waals surface area contributed by atoms with Crippen LogP contribution in [0.5, 0.6) is 0 Å². The van der Waals surface area contributed by atoms with E-state index in [-0.39, 0.29) is 11.9 Å². The van der Waals surface area contributed by atoms with Gasteiger partial charge in [-0.1, -0.05) is 26.0 Å². The van der Waals surface area contributed by atoms with Crippen LogP contribution in [0, 0.1) is 0 Å². The number of rotatable bonds is 3. The van der Waals surface area contributed by atoms with Gasteiger partial charge < -0.3 is 5.32 Å². The van der Waals surface area contributed by atoms with E-state index in [1.165, 1.54) is 5.56 Å². The van der Waals surface area contributed by atoms with Crippen LogP contribution in [-0.4, -0.2) is 17.1 Å². The van der Waals surface area contributed by atoms with Gasteiger partial charge in [0.2, 0.25) is 0 Å². The van der Waals surface area contributed by atoms with Gasteiger partial charge in [0.25, 0.3) is 5.91 Å². The Labute approximate surface area is 107 Å². The van der Waals surface area contributed by atoms with Crippen molar-refractivity contribution in [2.75, 3.05) is 4.90 Å². The summed E-state index contributed by atoms with van der Waals surface area (Å²) in [5, 5.41) is 3.54. The number of hydrogen-bond acceptors (Lipinski definition) is 2. The van der Waals surface area contributed by atoms with Crippen LogP contribution in [0.4, 0.5) is 5.69 Å². The minimum Gasteiger partial charge on any atom is -0.350 e. The summed E-state index contributed by atoms with van der Waals surface area (Å²) in [4.78, 5) is 13.7. The molecule has 0 aliphatic carbocycles. The molecule has 1 aliphatic rings. The molecule has 1 heterocycles. The Hall–Kier alpha value is -1.42. The monoisotopic (exact) mass is 248 g/mol. The van der Waals surface area contributed by atoms with Crippen LogP contribution in [0.2, 0.25) is 0 Å². The highest BCUT2D eigenvalue weighted by Crippen LogP contribution is 2.21. The Morgan fingerprint density at radius 1 is 1.29 bits per heavy atom. The summed E-state index contributed by atoms with van der Waals surface area (Å²) in [6, 6.07) is 7.79. The zero-order chi connectivity index (χ0) is 12.4. The molecule has 0 radical (unpaired) electrons. The highest BCUT2D eigenvalue weighted by molar-refractivity contribution is 7.80. The molecule has 0 spiro atoms. The van der Waals surface area contributed by atoms with Gasteiger partial charge in [-0.05, 0) is 42.8 Å². The van der Waals surface area contributed by atoms with E-state index >= 15 is 0 Å². The van der Waals surface area contributed by atoms with Gasteiger partial charge in [0.05, 0.1) is 5.69 Å². The fraction of sp³-hybridized carbons (Fsp3) is 0.385. The molecule has 1 N–H and O–H groups in total. The smallest absolute Gasteiger partial charge is 0.255 e. The second kappa shape index (κ2) is 4.84. The van der Waals surface area contributed by atoms with Crippen LogP contribution in [0.3, 0.4) is 0 Å². The van der Waals surface area contributed by atoms with Crippen molar-refractivity contribution in [3.8, 4) is 0 Å². The van der Waals surface area contributed by atoms with Crippen molar-refractivity contribution in [2.45, 2.75) is 32.7 Å². The Morgan fingerprint density at radius 3 is 2.41 bits per heavy atom. The molecule has 90 valence electrons. The zero-order valence-corrected chi connectivity index (χ0v) is 10.9. The molecule has 1 fully saturated rings. The number of thiocarbonyl (C=S) groups is 1. The van der Waals surface area contributed by atoms with Crippen molar-refractivity contribution in [1.82, 2.24) is 5.32 Å². The standard InChI is InChI=1S/C13H16N2OS/c1-3-9-5-7-10(8-6-9)15-12(16)11(4-2)14-13(15)17/h5-8,11H,3-4H2,1-2H3,(H,14,17). The Morgan fingerprint density at radius 2 is 1.94 bits per heavy atom. The molecule has 17 heavy (non-hydrogen) atoms. The predicted molar refractivity (Wildman–Crippen MR) is 73.1 cm³/mol. The minimum absolute atomic E-state index is 0.0433. The van der Waals surface area contributed by atoms with Crippen molar-refractivity contribution in [3.05, 3.63) is 29.8 Å². The third kappa shape index (κ3) is 2.17. The van der Waals surface area contributed by atoms with E-state index in [0.29, 0.717) is 5.11 Å². The largest absolute Gasteiger partial charge is 0.350 e. The maximum absolute atomic E-state index is 12.1. The topological polar surface area (TPSA) is 32.3 Å². The third-order valence-electron chi connectivity index (χ3n) is 3.03. The summed E-state index contributed by atoms with van der Waals surface area (Å²) in [5.74, 6) is 0.0433. The van der Waals surface area contributed by atoms with Crippen LogP contribution >= 0.6 is 12.2 Å². The van der Waals surface area contributed by atoms with Gasteiger partial charge in [-0.3, -0.25) is 9.69 Å². The van der Waals surface area contributed by atoms with E-state index < -0.39 is 0 Å². The molecule has 1 aromatic carbocycles. The van der Waals surface area contributed by atoms with Crippen molar-refractivity contribution in [2.24, 2.45) is 0 Å². The van der Waals surface area contributed by atoms with Gasteiger partial charge in [0, 0.05) is 0 Å². The maximum Gasteiger partial charge on any atom is 0.255 e. The first kappa shape index (κ1) is 12.0. The lowest BCUT2D eigenvalue weighted by atomic mass is 10.1. The predicted octanol–water partition coefficient (Wildman–Crippen LogP) is 2.25. The Bertz CT molecular complexity index is 441. The zero-order valence-electron chi connectivity index (χ0n) is 10.1. The summed E-state index contributed by atoms with van der Waals surface area (Å²) in [7, 11) is 0. The number of benzene rings is 1. The highest BCUT2D eigenvalue weighted by atomic mass is 32.1. The molecule has 0 saturated carbocycles. The molecule has 0 aromatic heterocycles. The summed E-state index contributed by atoms with van der Waals surface area (Å²) in [5.41, 5.74) is 2.10. The molecule has 1 saturated heterocycles. The fourth-order valence-electron chi connectivity index (χ4n) is 1.93. The van der Waals surface area contributed by atoms with Crippen LogP contribution in [-0.2, 0) is 11.2 Å². The quantitative estimate of drug-likeness (QED) is 0.833. The van der Waals surface area contributed by atoms with E-state index in [0.717, 1.165) is 18.5 Å². The second-order valence-electron chi connectivity index (χ2n) is 4.10. The molecule has 1 aliphatic heterocycles. The van der Waals surface area contributed by atoms with Crippen LogP contribution in [0.25, 0.3) is 0 Å². The molecule has 2 rings (SSSR count). The summed E-state index contributed by atoms with van der Waals surface area (Å²) in [6.45, 7) is 4.08. The second-order valence-corrected chi connectivity index (χ2v) is 4.49. The summed E-state index contributed by atoms with van der Waals surface area (Å²) in [6.07, 6.45) is 1.75. The van der Waals surface area contributed by atoms with Crippen molar-refractivity contribution < 1.29 is 4.79 Å². The van der Waals surface area contributed by atoms with Gasteiger partial charge in [0.15, 0.2) is 5.11 Å². The summed E-state index contributed by atoms with van der Waals surface area (Å²) < 4.78 is 0. The van der Waals surface area contributed by atoms with Crippen molar-refractivity contribution >= 4 is 28.9 Å². The van der Waals surface area contributed by atoms with Gasteiger partial charge >= 0.3 is 0 Å². The first-order valence-corrected chi connectivity index (χ1v) is 6.31. The maximum atomic E-state index is 12.1. The molecule has 1 aromatic rings. The average Bonchev–Trinajstić information content (AvgIpc) is 2.64. The molecule has 0 bridgehead atoms. The SMILES string of the molecule is CCc1ccc(N2C(=O)C(CC)NC2=S)cc1. The van der Waals surface area contributed by atoms with Gasteiger partial charge in [-0.25, -0.2) is 0 Å². The number of anilines is 1. The van der Waals surface area contributed by atoms with E-state index in [4.69, 9.17) is 12.2 Å². The molecule has 3 nitrogen and oxygen atoms in total. The third-order valence-corrected chi connectivity index (χ3v) is 3.33. The number of aryl methyl sites for hydroxylation is 1. The lowest BCUT2D eigenvalue weighted by Crippen LogP contribution is -2.30. The number of nitrogens with zero attached hydrogens (tertiary/aromatic N) is 1.